The highest BCUT2D eigenvalue weighted by molar-refractivity contribution is 5.95. The molecule has 2 saturated carbocycles. The van der Waals surface area contributed by atoms with Crippen molar-refractivity contribution >= 4 is 28.5 Å². The van der Waals surface area contributed by atoms with Crippen molar-refractivity contribution in [2.45, 2.75) is 71.5 Å². The van der Waals surface area contributed by atoms with E-state index in [0.29, 0.717) is 17.6 Å². The van der Waals surface area contributed by atoms with E-state index < -0.39 is 65.9 Å². The molecule has 212 valence electrons. The van der Waals surface area contributed by atoms with Gasteiger partial charge in [0, 0.05) is 36.1 Å². The summed E-state index contributed by atoms with van der Waals surface area (Å²) < 4.78 is 26.8. The summed E-state index contributed by atoms with van der Waals surface area (Å²) in [7, 11) is 0. The van der Waals surface area contributed by atoms with E-state index in [4.69, 9.17) is 0 Å². The van der Waals surface area contributed by atoms with Gasteiger partial charge in [-0.2, -0.15) is 15.5 Å². The average molecular weight is 553 g/mol. The normalized spacial score (nSPS) is 26.1. The van der Waals surface area contributed by atoms with Gasteiger partial charge >= 0.3 is 0 Å². The van der Waals surface area contributed by atoms with Gasteiger partial charge in [0.05, 0.1) is 12.3 Å². The molecule has 2 N–H and O–H groups in total. The smallest absolute Gasteiger partial charge is 0.249 e. The van der Waals surface area contributed by atoms with Gasteiger partial charge in [-0.1, -0.05) is 58.9 Å². The number of halogens is 2. The number of carbonyl (C=O) groups is 3. The molecule has 3 aliphatic rings. The van der Waals surface area contributed by atoms with E-state index in [0.717, 1.165) is 5.39 Å². The predicted octanol–water partition coefficient (Wildman–Crippen LogP) is 3.37. The fourth-order valence-corrected chi connectivity index (χ4v) is 6.39. The first-order valence-corrected chi connectivity index (χ1v) is 13.5. The number of nitrogens with zero attached hydrogens (tertiary/aromatic N) is 4. The van der Waals surface area contributed by atoms with E-state index in [9.17, 15) is 28.4 Å². The Morgan fingerprint density at radius 1 is 1.12 bits per heavy atom. The van der Waals surface area contributed by atoms with Gasteiger partial charge in [0.25, 0.3) is 0 Å². The molecule has 1 saturated heterocycles. The number of fused-ring (bicyclic) bond motifs is 2. The summed E-state index contributed by atoms with van der Waals surface area (Å²) in [4.78, 5) is 42.1. The van der Waals surface area contributed by atoms with Crippen LogP contribution in [0, 0.1) is 39.9 Å². The number of rotatable bonds is 6. The Hall–Kier alpha value is -3.68. The molecule has 0 radical (unpaired) electrons. The third kappa shape index (κ3) is 4.78. The third-order valence-corrected chi connectivity index (χ3v) is 8.91. The number of hydrogen-bond donors (Lipinski definition) is 2. The fraction of sp³-hybridized carbons (Fsp3) is 0.586. The number of hydrogen-bond acceptors (Lipinski definition) is 6. The van der Waals surface area contributed by atoms with Crippen LogP contribution in [0.5, 0.6) is 0 Å². The lowest BCUT2D eigenvalue weighted by molar-refractivity contribution is -0.155. The summed E-state index contributed by atoms with van der Waals surface area (Å²) in [6.45, 7) is 9.76. The van der Waals surface area contributed by atoms with Crippen LogP contribution in [0.15, 0.2) is 30.5 Å². The number of nitriles is 1. The Balaban J connectivity index is 1.39. The summed E-state index contributed by atoms with van der Waals surface area (Å²) in [6, 6.07) is 6.43. The van der Waals surface area contributed by atoms with Crippen molar-refractivity contribution < 1.29 is 23.2 Å². The Labute approximate surface area is 231 Å². The number of alkyl halides is 2. The predicted molar refractivity (Wildman–Crippen MR) is 141 cm³/mol. The molecule has 1 aromatic heterocycles. The maximum atomic E-state index is 14.0. The van der Waals surface area contributed by atoms with Gasteiger partial charge in [-0.3, -0.25) is 14.4 Å². The zero-order valence-electron chi connectivity index (χ0n) is 23.2. The van der Waals surface area contributed by atoms with Crippen LogP contribution in [0.2, 0.25) is 0 Å². The van der Waals surface area contributed by atoms with E-state index in [2.05, 4.69) is 26.9 Å². The molecule has 0 bridgehead atoms. The Bertz CT molecular complexity index is 1400. The highest BCUT2D eigenvalue weighted by Gasteiger charge is 2.70. The summed E-state index contributed by atoms with van der Waals surface area (Å²) in [5, 5.41) is 25.1. The van der Waals surface area contributed by atoms with Crippen molar-refractivity contribution in [3.8, 4) is 6.07 Å². The fourth-order valence-electron chi connectivity index (χ4n) is 6.39. The lowest BCUT2D eigenvalue weighted by Crippen LogP contribution is -2.60. The molecular weight excluding hydrogens is 518 g/mol. The van der Waals surface area contributed by atoms with Gasteiger partial charge in [0.15, 0.2) is 6.04 Å². The molecule has 2 aliphatic carbocycles. The average Bonchev–Trinajstić information content (AvgIpc) is 3.20. The van der Waals surface area contributed by atoms with E-state index in [1.807, 2.05) is 32.0 Å². The molecule has 5 rings (SSSR count). The van der Waals surface area contributed by atoms with Crippen LogP contribution in [0.25, 0.3) is 10.8 Å². The van der Waals surface area contributed by atoms with Crippen LogP contribution in [-0.4, -0.2) is 57.4 Å². The maximum Gasteiger partial charge on any atom is 0.249 e. The zero-order chi connectivity index (χ0) is 29.2. The first-order valence-electron chi connectivity index (χ1n) is 13.5. The lowest BCUT2D eigenvalue weighted by atomic mass is 9.79. The molecule has 0 spiro atoms. The molecule has 40 heavy (non-hydrogen) atoms. The molecule has 2 aromatic rings. The molecule has 5 atom stereocenters. The topological polar surface area (TPSA) is 128 Å². The van der Waals surface area contributed by atoms with Crippen molar-refractivity contribution in [1.29, 1.82) is 5.26 Å². The number of amides is 3. The zero-order valence-corrected chi connectivity index (χ0v) is 23.2. The van der Waals surface area contributed by atoms with Gasteiger partial charge in [0.1, 0.15) is 17.8 Å². The van der Waals surface area contributed by atoms with Crippen LogP contribution in [0.4, 0.5) is 8.78 Å². The summed E-state index contributed by atoms with van der Waals surface area (Å²) in [6.07, 6.45) is 0.503. The number of nitrogens with one attached hydrogen (secondary N) is 2. The second-order valence-electron chi connectivity index (χ2n) is 13.0. The Morgan fingerprint density at radius 3 is 2.42 bits per heavy atom. The van der Waals surface area contributed by atoms with Crippen LogP contribution in [0.3, 0.4) is 0 Å². The molecule has 2 unspecified atom stereocenters. The van der Waals surface area contributed by atoms with E-state index in [-0.39, 0.29) is 17.3 Å². The van der Waals surface area contributed by atoms with E-state index in [1.54, 1.807) is 33.0 Å². The summed E-state index contributed by atoms with van der Waals surface area (Å²) >= 11 is 0. The summed E-state index contributed by atoms with van der Waals surface area (Å²) in [5.41, 5.74) is -0.609. The maximum absolute atomic E-state index is 14.0. The van der Waals surface area contributed by atoms with Crippen LogP contribution < -0.4 is 10.6 Å². The van der Waals surface area contributed by atoms with Gasteiger partial charge in [-0.15, -0.1) is 0 Å². The molecule has 2 heterocycles. The standard InChI is InChI=1S/C29H34F2N6O3/c1-27(2,3)23(35-24(38)16-10-29(30,31)11-16)26(40)37-14-18-20(28(18,4)5)22(37)25(39)34-19(12-32)21-17-9-7-6-8-15(17)13-33-36-21/h6-9,13,16,18-20,22-23H,10-11,14H2,1-5H3,(H,34,39)(H,35,38)/t18-,19?,20-,22-,23?/m0/s1. The van der Waals surface area contributed by atoms with Crippen molar-refractivity contribution in [3.63, 3.8) is 0 Å². The molecule has 1 aromatic carbocycles. The molecule has 3 fully saturated rings. The minimum absolute atomic E-state index is 0.0757. The van der Waals surface area contributed by atoms with Gasteiger partial charge in [-0.25, -0.2) is 8.78 Å². The highest BCUT2D eigenvalue weighted by Crippen LogP contribution is 2.65. The Morgan fingerprint density at radius 2 is 1.80 bits per heavy atom. The minimum Gasteiger partial charge on any atom is -0.344 e. The van der Waals surface area contributed by atoms with E-state index >= 15 is 0 Å². The monoisotopic (exact) mass is 552 g/mol. The number of likely N-dealkylation sites (tertiary alicyclic amines) is 1. The third-order valence-electron chi connectivity index (χ3n) is 8.91. The second kappa shape index (κ2) is 9.46. The second-order valence-corrected chi connectivity index (χ2v) is 13.0. The van der Waals surface area contributed by atoms with Crippen molar-refractivity contribution in [3.05, 3.63) is 36.2 Å². The van der Waals surface area contributed by atoms with Gasteiger partial charge < -0.3 is 15.5 Å². The van der Waals surface area contributed by atoms with Crippen molar-refractivity contribution in [1.82, 2.24) is 25.7 Å². The SMILES string of the molecule is CC(C)(C)C(NC(=O)C1CC(F)(F)C1)C(=O)N1C[C@H]2[C@@H]([C@H]1C(=O)NC(C#N)c1nncc3ccccc13)C2(C)C. The number of benzene rings is 1. The van der Waals surface area contributed by atoms with Crippen LogP contribution in [-0.2, 0) is 14.4 Å². The molecular formula is C29H34F2N6O3. The number of aromatic nitrogens is 2. The number of piperidine rings is 1. The molecule has 11 heteroatoms. The summed E-state index contributed by atoms with van der Waals surface area (Å²) in [5.74, 6) is -5.26. The van der Waals surface area contributed by atoms with Gasteiger partial charge in [0.2, 0.25) is 23.6 Å². The molecule has 9 nitrogen and oxygen atoms in total. The van der Waals surface area contributed by atoms with Crippen molar-refractivity contribution in [2.24, 2.45) is 28.6 Å². The quantitative estimate of drug-likeness (QED) is 0.566. The van der Waals surface area contributed by atoms with Gasteiger partial charge in [-0.05, 0) is 22.7 Å². The van der Waals surface area contributed by atoms with Crippen molar-refractivity contribution in [2.75, 3.05) is 6.54 Å². The first-order chi connectivity index (χ1) is 18.7. The number of carbonyl (C=O) groups excluding carboxylic acids is 3. The first kappa shape index (κ1) is 27.9. The molecule has 3 amide bonds. The lowest BCUT2D eigenvalue weighted by Gasteiger charge is -2.40. The Kier molecular flexibility index (Phi) is 6.59. The molecule has 1 aliphatic heterocycles. The largest absolute Gasteiger partial charge is 0.344 e. The van der Waals surface area contributed by atoms with E-state index in [1.165, 1.54) is 4.90 Å². The van der Waals surface area contributed by atoms with Crippen LogP contribution in [0.1, 0.15) is 59.2 Å². The highest BCUT2D eigenvalue weighted by atomic mass is 19.3. The van der Waals surface area contributed by atoms with Crippen LogP contribution >= 0.6 is 0 Å². The minimum atomic E-state index is -2.86.